The van der Waals surface area contributed by atoms with Crippen LogP contribution in [0.3, 0.4) is 0 Å². The average molecular weight is 417 g/mol. The van der Waals surface area contributed by atoms with Crippen molar-refractivity contribution in [2.75, 3.05) is 26.0 Å². The quantitative estimate of drug-likeness (QED) is 0.501. The Morgan fingerprint density at radius 1 is 1.28 bits per heavy atom. The van der Waals surface area contributed by atoms with Crippen LogP contribution in [-0.4, -0.2) is 52.8 Å². The highest BCUT2D eigenvalue weighted by atomic mass is 32.2. The van der Waals surface area contributed by atoms with Crippen molar-refractivity contribution in [2.45, 2.75) is 25.5 Å². The number of carbonyl (C=O) groups is 2. The third-order valence-electron chi connectivity index (χ3n) is 4.30. The zero-order valence-corrected chi connectivity index (χ0v) is 17.3. The summed E-state index contributed by atoms with van der Waals surface area (Å²) in [6.07, 6.45) is 0. The van der Waals surface area contributed by atoms with E-state index in [9.17, 15) is 9.59 Å². The molecular formula is C19H23N5O4S. The van der Waals surface area contributed by atoms with Gasteiger partial charge in [-0.3, -0.25) is 0 Å². The zero-order chi connectivity index (χ0) is 20.8. The van der Waals surface area contributed by atoms with Crippen molar-refractivity contribution < 1.29 is 19.1 Å². The minimum absolute atomic E-state index is 0.132. The highest BCUT2D eigenvalue weighted by Crippen LogP contribution is 2.31. The summed E-state index contributed by atoms with van der Waals surface area (Å²) in [5.41, 5.74) is 1.77. The molecule has 2 N–H and O–H groups in total. The Bertz CT molecular complexity index is 940. The van der Waals surface area contributed by atoms with E-state index in [1.54, 1.807) is 14.0 Å². The monoisotopic (exact) mass is 417 g/mol. The second kappa shape index (κ2) is 9.46. The first kappa shape index (κ1) is 20.7. The third kappa shape index (κ3) is 4.53. The van der Waals surface area contributed by atoms with Crippen molar-refractivity contribution in [1.82, 2.24) is 25.4 Å². The van der Waals surface area contributed by atoms with E-state index >= 15 is 0 Å². The lowest BCUT2D eigenvalue weighted by Gasteiger charge is -2.21. The molecule has 1 aliphatic rings. The predicted molar refractivity (Wildman–Crippen MR) is 109 cm³/mol. The molecular weight excluding hydrogens is 394 g/mol. The number of nitrogens with one attached hydrogen (secondary N) is 2. The fourth-order valence-corrected chi connectivity index (χ4v) is 3.90. The van der Waals surface area contributed by atoms with Crippen LogP contribution in [0.25, 0.3) is 11.4 Å². The first-order valence-electron chi connectivity index (χ1n) is 9.22. The second-order valence-electron chi connectivity index (χ2n) is 6.02. The van der Waals surface area contributed by atoms with E-state index in [1.807, 2.05) is 35.8 Å². The van der Waals surface area contributed by atoms with Crippen LogP contribution in [0.15, 0.2) is 40.7 Å². The number of methoxy groups -OCH3 is 1. The van der Waals surface area contributed by atoms with Crippen molar-refractivity contribution >= 4 is 23.8 Å². The maximum absolute atomic E-state index is 12.2. The summed E-state index contributed by atoms with van der Waals surface area (Å²) in [7, 11) is 1.62. The molecule has 9 nitrogen and oxygen atoms in total. The molecule has 1 aromatic heterocycles. The number of urea groups is 1. The number of aromatic nitrogens is 3. The molecule has 1 aromatic carbocycles. The Hall–Kier alpha value is -3.01. The molecule has 0 saturated heterocycles. The van der Waals surface area contributed by atoms with E-state index in [4.69, 9.17) is 9.47 Å². The SMILES string of the molecule is CCOC(=O)C1=C(CSc2nnc(-c3ccccc3OC)n2CC)NC(=O)NC1. The molecule has 0 atom stereocenters. The Labute approximate surface area is 172 Å². The summed E-state index contributed by atoms with van der Waals surface area (Å²) in [5.74, 6) is 1.32. The third-order valence-corrected chi connectivity index (χ3v) is 5.30. The molecule has 0 radical (unpaired) electrons. The van der Waals surface area contributed by atoms with Gasteiger partial charge in [-0.2, -0.15) is 0 Å². The molecule has 0 spiro atoms. The van der Waals surface area contributed by atoms with E-state index in [2.05, 4.69) is 20.8 Å². The Balaban J connectivity index is 1.86. The second-order valence-corrected chi connectivity index (χ2v) is 6.97. The van der Waals surface area contributed by atoms with Gasteiger partial charge >= 0.3 is 12.0 Å². The number of benzene rings is 1. The number of rotatable bonds is 8. The van der Waals surface area contributed by atoms with Crippen LogP contribution < -0.4 is 15.4 Å². The lowest BCUT2D eigenvalue weighted by atomic mass is 10.2. The summed E-state index contributed by atoms with van der Waals surface area (Å²) >= 11 is 1.39. The maximum atomic E-state index is 12.2. The molecule has 2 aromatic rings. The highest BCUT2D eigenvalue weighted by molar-refractivity contribution is 7.99. The van der Waals surface area contributed by atoms with E-state index in [-0.39, 0.29) is 19.2 Å². The molecule has 0 aliphatic carbocycles. The van der Waals surface area contributed by atoms with Crippen LogP contribution in [0.5, 0.6) is 5.75 Å². The van der Waals surface area contributed by atoms with Crippen LogP contribution in [0.4, 0.5) is 4.79 Å². The van der Waals surface area contributed by atoms with E-state index in [0.717, 1.165) is 5.56 Å². The topological polar surface area (TPSA) is 107 Å². The molecule has 2 amide bonds. The van der Waals surface area contributed by atoms with Crippen molar-refractivity contribution in [3.8, 4) is 17.1 Å². The van der Waals surface area contributed by atoms with Gasteiger partial charge in [0.15, 0.2) is 11.0 Å². The maximum Gasteiger partial charge on any atom is 0.337 e. The fraction of sp³-hybridized carbons (Fsp3) is 0.368. The van der Waals surface area contributed by atoms with Gasteiger partial charge in [0.1, 0.15) is 5.75 Å². The molecule has 1 aliphatic heterocycles. The van der Waals surface area contributed by atoms with E-state index < -0.39 is 5.97 Å². The smallest absolute Gasteiger partial charge is 0.337 e. The number of carbonyl (C=O) groups excluding carboxylic acids is 2. The van der Waals surface area contributed by atoms with Gasteiger partial charge in [0.25, 0.3) is 0 Å². The van der Waals surface area contributed by atoms with Gasteiger partial charge in [0, 0.05) is 18.0 Å². The van der Waals surface area contributed by atoms with Crippen molar-refractivity contribution in [3.63, 3.8) is 0 Å². The van der Waals surface area contributed by atoms with Crippen LogP contribution in [0.2, 0.25) is 0 Å². The fourth-order valence-electron chi connectivity index (χ4n) is 2.91. The Kier molecular flexibility index (Phi) is 6.76. The van der Waals surface area contributed by atoms with Gasteiger partial charge in [0.05, 0.1) is 31.4 Å². The number of para-hydroxylation sites is 1. The van der Waals surface area contributed by atoms with Gasteiger partial charge in [-0.1, -0.05) is 23.9 Å². The average Bonchev–Trinajstić information content (AvgIpc) is 3.15. The minimum Gasteiger partial charge on any atom is -0.496 e. The van der Waals surface area contributed by atoms with Crippen LogP contribution in [0.1, 0.15) is 13.8 Å². The summed E-state index contributed by atoms with van der Waals surface area (Å²) < 4.78 is 12.5. The molecule has 29 heavy (non-hydrogen) atoms. The lowest BCUT2D eigenvalue weighted by molar-refractivity contribution is -0.138. The molecule has 3 rings (SSSR count). The van der Waals surface area contributed by atoms with Crippen molar-refractivity contribution in [2.24, 2.45) is 0 Å². The molecule has 154 valence electrons. The highest BCUT2D eigenvalue weighted by Gasteiger charge is 2.24. The number of nitrogens with zero attached hydrogens (tertiary/aromatic N) is 3. The zero-order valence-electron chi connectivity index (χ0n) is 16.5. The van der Waals surface area contributed by atoms with Crippen LogP contribution in [0, 0.1) is 0 Å². The van der Waals surface area contributed by atoms with Gasteiger partial charge in [-0.25, -0.2) is 9.59 Å². The first-order valence-corrected chi connectivity index (χ1v) is 10.2. The standard InChI is InChI=1S/C19H23N5O4S/c1-4-24-16(12-8-6-7-9-15(12)27-3)22-23-19(24)29-11-14-13(17(25)28-5-2)10-20-18(26)21-14/h6-9H,4-5,10-11H2,1-3H3,(H2,20,21,26). The molecule has 2 heterocycles. The molecule has 0 unspecified atom stereocenters. The number of hydrogen-bond donors (Lipinski definition) is 2. The lowest BCUT2D eigenvalue weighted by Crippen LogP contribution is -2.44. The first-order chi connectivity index (χ1) is 14.1. The largest absolute Gasteiger partial charge is 0.496 e. The Morgan fingerprint density at radius 2 is 2.07 bits per heavy atom. The molecule has 10 heteroatoms. The summed E-state index contributed by atoms with van der Waals surface area (Å²) in [4.78, 5) is 23.9. The number of ether oxygens (including phenoxy) is 2. The van der Waals surface area contributed by atoms with Gasteiger partial charge in [0.2, 0.25) is 0 Å². The van der Waals surface area contributed by atoms with Gasteiger partial charge in [-0.15, -0.1) is 10.2 Å². The molecule has 0 saturated carbocycles. The van der Waals surface area contributed by atoms with Crippen molar-refractivity contribution in [1.29, 1.82) is 0 Å². The summed E-state index contributed by atoms with van der Waals surface area (Å²) in [6, 6.07) is 7.27. The van der Waals surface area contributed by atoms with Crippen LogP contribution >= 0.6 is 11.8 Å². The summed E-state index contributed by atoms with van der Waals surface area (Å²) in [6.45, 7) is 4.80. The predicted octanol–water partition coefficient (Wildman–Crippen LogP) is 2.20. The van der Waals surface area contributed by atoms with Gasteiger partial charge in [-0.05, 0) is 26.0 Å². The molecule has 0 bridgehead atoms. The normalized spacial score (nSPS) is 13.7. The Morgan fingerprint density at radius 3 is 2.79 bits per heavy atom. The van der Waals surface area contributed by atoms with Crippen LogP contribution in [-0.2, 0) is 16.1 Å². The molecule has 0 fully saturated rings. The number of thioether (sulfide) groups is 1. The summed E-state index contributed by atoms with van der Waals surface area (Å²) in [5, 5.41) is 14.6. The van der Waals surface area contributed by atoms with Gasteiger partial charge < -0.3 is 24.7 Å². The number of esters is 1. The number of amides is 2. The number of hydrogen-bond acceptors (Lipinski definition) is 7. The minimum atomic E-state index is -0.442. The van der Waals surface area contributed by atoms with E-state index in [1.165, 1.54) is 11.8 Å². The van der Waals surface area contributed by atoms with Crippen molar-refractivity contribution in [3.05, 3.63) is 35.5 Å². The van der Waals surface area contributed by atoms with E-state index in [0.29, 0.717) is 40.3 Å².